The third-order valence-corrected chi connectivity index (χ3v) is 4.41. The van der Waals surface area contributed by atoms with Crippen molar-refractivity contribution in [2.24, 2.45) is 5.10 Å². The summed E-state index contributed by atoms with van der Waals surface area (Å²) >= 11 is 5.91. The van der Waals surface area contributed by atoms with Crippen LogP contribution in [0.1, 0.15) is 18.1 Å². The number of hydrogen-bond acceptors (Lipinski definition) is 5. The molecule has 3 rings (SSSR count). The van der Waals surface area contributed by atoms with Gasteiger partial charge in [-0.25, -0.2) is 9.82 Å². The molecule has 32 heavy (non-hydrogen) atoms. The van der Waals surface area contributed by atoms with Crippen LogP contribution in [0.15, 0.2) is 71.8 Å². The van der Waals surface area contributed by atoms with Crippen molar-refractivity contribution in [3.8, 4) is 17.2 Å². The standard InChI is InChI=1S/C24H22ClFN2O4/c1-2-30-23-13-18(5-12-22(23)32-15-17-3-6-19(25)7-4-17)14-27-28-24(29)16-31-21-10-8-20(26)9-11-21/h3-14H,2,15-16H2,1H3,(H,28,29). The van der Waals surface area contributed by atoms with Crippen molar-refractivity contribution < 1.29 is 23.4 Å². The van der Waals surface area contributed by atoms with Crippen LogP contribution in [0.2, 0.25) is 5.02 Å². The van der Waals surface area contributed by atoms with E-state index in [1.165, 1.54) is 30.5 Å². The number of benzene rings is 3. The zero-order chi connectivity index (χ0) is 22.8. The van der Waals surface area contributed by atoms with Gasteiger partial charge in [-0.15, -0.1) is 0 Å². The lowest BCUT2D eigenvalue weighted by Gasteiger charge is -2.12. The molecule has 0 bridgehead atoms. The molecule has 0 radical (unpaired) electrons. The third-order valence-electron chi connectivity index (χ3n) is 4.16. The van der Waals surface area contributed by atoms with E-state index >= 15 is 0 Å². The number of carbonyl (C=O) groups is 1. The summed E-state index contributed by atoms with van der Waals surface area (Å²) in [5.74, 6) is 0.728. The zero-order valence-electron chi connectivity index (χ0n) is 17.4. The van der Waals surface area contributed by atoms with Gasteiger partial charge in [-0.1, -0.05) is 23.7 Å². The number of hydrazone groups is 1. The average Bonchev–Trinajstić information content (AvgIpc) is 2.79. The Morgan fingerprint density at radius 3 is 2.47 bits per heavy atom. The summed E-state index contributed by atoms with van der Waals surface area (Å²) in [5, 5.41) is 4.60. The number of carbonyl (C=O) groups excluding carboxylic acids is 1. The number of rotatable bonds is 10. The highest BCUT2D eigenvalue weighted by Crippen LogP contribution is 2.29. The molecule has 0 aromatic heterocycles. The smallest absolute Gasteiger partial charge is 0.277 e. The first-order chi connectivity index (χ1) is 15.5. The van der Waals surface area contributed by atoms with E-state index in [4.69, 9.17) is 25.8 Å². The fourth-order valence-corrected chi connectivity index (χ4v) is 2.75. The Morgan fingerprint density at radius 1 is 1.00 bits per heavy atom. The van der Waals surface area contributed by atoms with Crippen LogP contribution in [0.25, 0.3) is 0 Å². The van der Waals surface area contributed by atoms with E-state index in [0.29, 0.717) is 41.0 Å². The Labute approximate surface area is 190 Å². The first kappa shape index (κ1) is 23.1. The molecule has 6 nitrogen and oxygen atoms in total. The fraction of sp³-hybridized carbons (Fsp3) is 0.167. The Morgan fingerprint density at radius 2 is 1.75 bits per heavy atom. The maximum absolute atomic E-state index is 12.9. The lowest BCUT2D eigenvalue weighted by atomic mass is 10.2. The van der Waals surface area contributed by atoms with Gasteiger partial charge in [0.2, 0.25) is 0 Å². The normalized spacial score (nSPS) is 10.7. The van der Waals surface area contributed by atoms with Gasteiger partial charge in [0.25, 0.3) is 5.91 Å². The van der Waals surface area contributed by atoms with Crippen LogP contribution in [0.3, 0.4) is 0 Å². The van der Waals surface area contributed by atoms with Crippen molar-refractivity contribution >= 4 is 23.7 Å². The van der Waals surface area contributed by atoms with E-state index in [9.17, 15) is 9.18 Å². The van der Waals surface area contributed by atoms with Crippen molar-refractivity contribution in [1.82, 2.24) is 5.43 Å². The highest BCUT2D eigenvalue weighted by atomic mass is 35.5. The lowest BCUT2D eigenvalue weighted by Crippen LogP contribution is -2.24. The molecule has 0 heterocycles. The number of halogens is 2. The summed E-state index contributed by atoms with van der Waals surface area (Å²) in [5.41, 5.74) is 4.07. The van der Waals surface area contributed by atoms with Gasteiger partial charge >= 0.3 is 0 Å². The predicted molar refractivity (Wildman–Crippen MR) is 121 cm³/mol. The van der Waals surface area contributed by atoms with E-state index < -0.39 is 5.91 Å². The van der Waals surface area contributed by atoms with Crippen LogP contribution >= 0.6 is 11.6 Å². The Balaban J connectivity index is 1.54. The second-order valence-electron chi connectivity index (χ2n) is 6.59. The van der Waals surface area contributed by atoms with Gasteiger partial charge in [-0.2, -0.15) is 5.10 Å². The second-order valence-corrected chi connectivity index (χ2v) is 7.03. The van der Waals surface area contributed by atoms with E-state index in [1.54, 1.807) is 18.2 Å². The van der Waals surface area contributed by atoms with Gasteiger partial charge < -0.3 is 14.2 Å². The minimum atomic E-state index is -0.446. The molecule has 0 saturated heterocycles. The molecule has 0 aliphatic rings. The number of amides is 1. The molecule has 0 atom stereocenters. The fourth-order valence-electron chi connectivity index (χ4n) is 2.63. The van der Waals surface area contributed by atoms with E-state index in [0.717, 1.165) is 5.56 Å². The maximum atomic E-state index is 12.9. The van der Waals surface area contributed by atoms with Gasteiger partial charge in [-0.05, 0) is 72.6 Å². The molecule has 1 amide bonds. The Kier molecular flexibility index (Phi) is 8.45. The number of nitrogens with zero attached hydrogens (tertiary/aromatic N) is 1. The van der Waals surface area contributed by atoms with E-state index in [-0.39, 0.29) is 12.4 Å². The van der Waals surface area contributed by atoms with Crippen LogP contribution in [0.4, 0.5) is 4.39 Å². The molecule has 166 valence electrons. The molecule has 1 N–H and O–H groups in total. The monoisotopic (exact) mass is 456 g/mol. The molecule has 0 fully saturated rings. The highest BCUT2D eigenvalue weighted by Gasteiger charge is 2.07. The van der Waals surface area contributed by atoms with E-state index in [1.807, 2.05) is 31.2 Å². The molecule has 0 saturated carbocycles. The van der Waals surface area contributed by atoms with Gasteiger partial charge in [0, 0.05) is 5.02 Å². The number of nitrogens with one attached hydrogen (secondary N) is 1. The summed E-state index contributed by atoms with van der Waals surface area (Å²) in [6, 6.07) is 18.1. The molecule has 0 aliphatic carbocycles. The highest BCUT2D eigenvalue weighted by molar-refractivity contribution is 6.30. The van der Waals surface area contributed by atoms with Crippen LogP contribution in [-0.2, 0) is 11.4 Å². The molecule has 0 aliphatic heterocycles. The zero-order valence-corrected chi connectivity index (χ0v) is 18.1. The first-order valence-corrected chi connectivity index (χ1v) is 10.3. The van der Waals surface area contributed by atoms with Crippen molar-refractivity contribution in [3.05, 3.63) is 88.7 Å². The summed E-state index contributed by atoms with van der Waals surface area (Å²) in [4.78, 5) is 11.9. The van der Waals surface area contributed by atoms with Crippen molar-refractivity contribution in [3.63, 3.8) is 0 Å². The van der Waals surface area contributed by atoms with Crippen LogP contribution in [0.5, 0.6) is 17.2 Å². The second kappa shape index (κ2) is 11.7. The largest absolute Gasteiger partial charge is 0.490 e. The molecule has 3 aromatic carbocycles. The van der Waals surface area contributed by atoms with Gasteiger partial charge in [0.15, 0.2) is 18.1 Å². The predicted octanol–water partition coefficient (Wildman–Crippen LogP) is 4.99. The Bertz CT molecular complexity index is 1060. The molecule has 8 heteroatoms. The van der Waals surface area contributed by atoms with Gasteiger partial charge in [0.1, 0.15) is 18.2 Å². The summed E-state index contributed by atoms with van der Waals surface area (Å²) < 4.78 is 29.7. The topological polar surface area (TPSA) is 69.2 Å². The molecule has 0 spiro atoms. The van der Waals surface area contributed by atoms with Crippen LogP contribution < -0.4 is 19.6 Å². The summed E-state index contributed by atoms with van der Waals surface area (Å²) in [6.45, 7) is 2.47. The lowest BCUT2D eigenvalue weighted by molar-refractivity contribution is -0.123. The van der Waals surface area contributed by atoms with Crippen LogP contribution in [0, 0.1) is 5.82 Å². The summed E-state index contributed by atoms with van der Waals surface area (Å²) in [6.07, 6.45) is 1.49. The maximum Gasteiger partial charge on any atom is 0.277 e. The average molecular weight is 457 g/mol. The quantitative estimate of drug-likeness (QED) is 0.345. The van der Waals surface area contributed by atoms with Crippen molar-refractivity contribution in [2.45, 2.75) is 13.5 Å². The number of ether oxygens (including phenoxy) is 3. The van der Waals surface area contributed by atoms with Gasteiger partial charge in [-0.3, -0.25) is 4.79 Å². The number of hydrogen-bond donors (Lipinski definition) is 1. The molecular formula is C24H22ClFN2O4. The summed E-state index contributed by atoms with van der Waals surface area (Å²) in [7, 11) is 0. The van der Waals surface area contributed by atoms with Crippen LogP contribution in [-0.4, -0.2) is 25.3 Å². The first-order valence-electron chi connectivity index (χ1n) is 9.88. The molecule has 3 aromatic rings. The van der Waals surface area contributed by atoms with Crippen molar-refractivity contribution in [2.75, 3.05) is 13.2 Å². The third kappa shape index (κ3) is 7.28. The Hall–Kier alpha value is -3.58. The van der Waals surface area contributed by atoms with Crippen molar-refractivity contribution in [1.29, 1.82) is 0 Å². The SMILES string of the molecule is CCOc1cc(C=NNC(=O)COc2ccc(F)cc2)ccc1OCc1ccc(Cl)cc1. The molecule has 0 unspecified atom stereocenters. The molecular weight excluding hydrogens is 435 g/mol. The minimum Gasteiger partial charge on any atom is -0.490 e. The van der Waals surface area contributed by atoms with E-state index in [2.05, 4.69) is 10.5 Å². The minimum absolute atomic E-state index is 0.245. The van der Waals surface area contributed by atoms with Gasteiger partial charge in [0.05, 0.1) is 12.8 Å².